The number of hydrogen-bond donors (Lipinski definition) is 2. The fraction of sp³-hybridized carbons (Fsp3) is 0.541. The molecule has 3 aromatic rings. The Morgan fingerprint density at radius 2 is 1.79 bits per heavy atom. The van der Waals surface area contributed by atoms with Gasteiger partial charge in [0.2, 0.25) is 17.7 Å². The average Bonchev–Trinajstić information content (AvgIpc) is 3.48. The van der Waals surface area contributed by atoms with Crippen LogP contribution in [0.2, 0.25) is 5.02 Å². The molecule has 5 heterocycles. The van der Waals surface area contributed by atoms with E-state index in [9.17, 15) is 14.4 Å². The molecule has 2 N–H and O–H groups in total. The molecule has 3 amide bonds. The van der Waals surface area contributed by atoms with Crippen molar-refractivity contribution in [2.45, 2.75) is 56.9 Å². The molecule has 7 rings (SSSR count). The second-order valence-corrected chi connectivity index (χ2v) is 14.1. The molecule has 9 nitrogen and oxygen atoms in total. The van der Waals surface area contributed by atoms with Crippen LogP contribution in [0.25, 0.3) is 10.9 Å². The zero-order valence-electron chi connectivity index (χ0n) is 27.1. The molecule has 0 spiro atoms. The molecule has 2 aromatic carbocycles. The summed E-state index contributed by atoms with van der Waals surface area (Å²) in [6.07, 6.45) is 5.54. The molecule has 3 atom stereocenters. The van der Waals surface area contributed by atoms with Gasteiger partial charge in [0.1, 0.15) is 0 Å². The number of piperidine rings is 2. The first-order chi connectivity index (χ1) is 22.9. The van der Waals surface area contributed by atoms with Crippen molar-refractivity contribution in [2.75, 3.05) is 59.0 Å². The zero-order valence-corrected chi connectivity index (χ0v) is 27.9. The van der Waals surface area contributed by atoms with Gasteiger partial charge in [-0.05, 0) is 74.3 Å². The smallest absolute Gasteiger partial charge is 0.228 e. The Balaban J connectivity index is 1.24. The third-order valence-corrected chi connectivity index (χ3v) is 11.2. The number of ether oxygens (including phenoxy) is 1. The second kappa shape index (κ2) is 14.0. The summed E-state index contributed by atoms with van der Waals surface area (Å²) >= 11 is 6.50. The minimum Gasteiger partial charge on any atom is -0.379 e. The van der Waals surface area contributed by atoms with Crippen LogP contribution >= 0.6 is 11.6 Å². The number of aryl methyl sites for hydroxylation is 1. The SMILES string of the molecule is O=C(C[C@H]1C[C@H](C(=O)N2CCCCC2)[C@@]2(CCc3ccccc3)c3[nH]c4ccc(Cl)cc4c3CCN2C1=O)NCCN1CCOCC1. The number of aromatic amines is 1. The van der Waals surface area contributed by atoms with E-state index < -0.39 is 17.4 Å². The van der Waals surface area contributed by atoms with Crippen molar-refractivity contribution in [1.29, 1.82) is 0 Å². The van der Waals surface area contributed by atoms with Gasteiger partial charge in [-0.1, -0.05) is 41.9 Å². The fourth-order valence-corrected chi connectivity index (χ4v) is 8.75. The van der Waals surface area contributed by atoms with Crippen molar-refractivity contribution in [2.24, 2.45) is 11.8 Å². The molecule has 3 fully saturated rings. The van der Waals surface area contributed by atoms with Crippen LogP contribution in [0, 0.1) is 11.8 Å². The largest absolute Gasteiger partial charge is 0.379 e. The molecule has 3 saturated heterocycles. The van der Waals surface area contributed by atoms with Crippen LogP contribution in [-0.4, -0.2) is 96.4 Å². The summed E-state index contributed by atoms with van der Waals surface area (Å²) in [6.45, 7) is 6.40. The standard InChI is InChI=1S/C37H46ClN5O4/c38-28-9-10-32-30(25-28)29-12-17-43-35(45)27(24-33(44)39-14-18-41-19-21-47-22-20-41)23-31(36(46)42-15-5-2-6-16-42)37(43,34(29)40-32)13-11-26-7-3-1-4-8-26/h1,3-4,7-10,25,27,31,40H,2,5-6,11-24H2,(H,39,44)/t27-,31-,37+/m1/s1. The van der Waals surface area contributed by atoms with Crippen LogP contribution in [0.3, 0.4) is 0 Å². The number of benzene rings is 2. The van der Waals surface area contributed by atoms with Crippen molar-refractivity contribution in [3.8, 4) is 0 Å². The van der Waals surface area contributed by atoms with E-state index in [4.69, 9.17) is 16.3 Å². The topological polar surface area (TPSA) is 98.0 Å². The van der Waals surface area contributed by atoms with Crippen molar-refractivity contribution >= 4 is 40.2 Å². The number of H-pyrrole nitrogens is 1. The molecule has 0 saturated carbocycles. The minimum absolute atomic E-state index is 0.0218. The first-order valence-electron chi connectivity index (χ1n) is 17.5. The molecule has 4 aliphatic heterocycles. The van der Waals surface area contributed by atoms with E-state index in [1.807, 2.05) is 46.2 Å². The number of nitrogens with one attached hydrogen (secondary N) is 2. The molecule has 0 aliphatic carbocycles. The summed E-state index contributed by atoms with van der Waals surface area (Å²) in [7, 11) is 0. The Labute approximate surface area is 281 Å². The van der Waals surface area contributed by atoms with Gasteiger partial charge in [0.25, 0.3) is 0 Å². The number of halogens is 1. The Kier molecular flexibility index (Phi) is 9.57. The third-order valence-electron chi connectivity index (χ3n) is 11.0. The number of amides is 3. The third kappa shape index (κ3) is 6.42. The van der Waals surface area contributed by atoms with Crippen molar-refractivity contribution in [3.63, 3.8) is 0 Å². The summed E-state index contributed by atoms with van der Waals surface area (Å²) in [5.74, 6) is -1.07. The van der Waals surface area contributed by atoms with Gasteiger partial charge in [-0.2, -0.15) is 0 Å². The zero-order chi connectivity index (χ0) is 32.4. The second-order valence-electron chi connectivity index (χ2n) is 13.7. The van der Waals surface area contributed by atoms with Gasteiger partial charge in [0.05, 0.1) is 24.7 Å². The Morgan fingerprint density at radius 1 is 1.00 bits per heavy atom. The number of carbonyl (C=O) groups excluding carboxylic acids is 3. The number of fused-ring (bicyclic) bond motifs is 5. The van der Waals surface area contributed by atoms with E-state index >= 15 is 0 Å². The van der Waals surface area contributed by atoms with Crippen LogP contribution in [0.15, 0.2) is 48.5 Å². The first-order valence-corrected chi connectivity index (χ1v) is 17.8. The Morgan fingerprint density at radius 3 is 2.57 bits per heavy atom. The number of carbonyl (C=O) groups is 3. The lowest BCUT2D eigenvalue weighted by Gasteiger charge is -2.56. The molecule has 250 valence electrons. The van der Waals surface area contributed by atoms with E-state index in [-0.39, 0.29) is 24.1 Å². The number of hydrogen-bond acceptors (Lipinski definition) is 5. The summed E-state index contributed by atoms with van der Waals surface area (Å²) < 4.78 is 5.44. The Bertz CT molecular complexity index is 1600. The van der Waals surface area contributed by atoms with Gasteiger partial charge in [0, 0.05) is 79.8 Å². The summed E-state index contributed by atoms with van der Waals surface area (Å²) in [4.78, 5) is 52.8. The fourth-order valence-electron chi connectivity index (χ4n) is 8.58. The lowest BCUT2D eigenvalue weighted by molar-refractivity contribution is -0.167. The maximum Gasteiger partial charge on any atom is 0.228 e. The molecule has 0 bridgehead atoms. The number of nitrogens with zero attached hydrogens (tertiary/aromatic N) is 3. The molecule has 1 aromatic heterocycles. The molecule has 47 heavy (non-hydrogen) atoms. The monoisotopic (exact) mass is 659 g/mol. The van der Waals surface area contributed by atoms with Crippen LogP contribution in [0.5, 0.6) is 0 Å². The van der Waals surface area contributed by atoms with Crippen LogP contribution in [-0.2, 0) is 37.5 Å². The highest BCUT2D eigenvalue weighted by molar-refractivity contribution is 6.31. The van der Waals surface area contributed by atoms with E-state index in [1.54, 1.807) is 0 Å². The normalized spacial score (nSPS) is 25.0. The lowest BCUT2D eigenvalue weighted by atomic mass is 9.64. The highest BCUT2D eigenvalue weighted by atomic mass is 35.5. The quantitative estimate of drug-likeness (QED) is 0.352. The predicted octanol–water partition coefficient (Wildman–Crippen LogP) is 4.52. The van der Waals surface area contributed by atoms with Gasteiger partial charge in [-0.15, -0.1) is 0 Å². The van der Waals surface area contributed by atoms with E-state index in [2.05, 4.69) is 27.3 Å². The number of aromatic nitrogens is 1. The first kappa shape index (κ1) is 32.2. The van der Waals surface area contributed by atoms with Gasteiger partial charge in [-0.25, -0.2) is 0 Å². The van der Waals surface area contributed by atoms with Crippen molar-refractivity contribution in [1.82, 2.24) is 25.0 Å². The number of rotatable bonds is 9. The minimum atomic E-state index is -0.857. The van der Waals surface area contributed by atoms with E-state index in [1.165, 1.54) is 5.56 Å². The Hall–Kier alpha value is -3.40. The maximum absolute atomic E-state index is 14.8. The van der Waals surface area contributed by atoms with Crippen LogP contribution < -0.4 is 5.32 Å². The summed E-state index contributed by atoms with van der Waals surface area (Å²) in [5, 5.41) is 4.79. The molecule has 4 aliphatic rings. The lowest BCUT2D eigenvalue weighted by Crippen LogP contribution is -2.66. The number of morpholine rings is 1. The van der Waals surface area contributed by atoms with Crippen LogP contribution in [0.4, 0.5) is 0 Å². The number of likely N-dealkylation sites (tertiary alicyclic amines) is 1. The molecule has 10 heteroatoms. The molecular formula is C37H46ClN5O4. The van der Waals surface area contributed by atoms with Gasteiger partial charge in [0.15, 0.2) is 0 Å². The molecule has 0 unspecified atom stereocenters. The van der Waals surface area contributed by atoms with Gasteiger partial charge in [-0.3, -0.25) is 19.3 Å². The van der Waals surface area contributed by atoms with Crippen molar-refractivity contribution in [3.05, 3.63) is 70.4 Å². The molecular weight excluding hydrogens is 614 g/mol. The van der Waals surface area contributed by atoms with Gasteiger partial charge < -0.3 is 24.8 Å². The average molecular weight is 660 g/mol. The highest BCUT2D eigenvalue weighted by Crippen LogP contribution is 2.53. The summed E-state index contributed by atoms with van der Waals surface area (Å²) in [5.41, 5.74) is 3.40. The maximum atomic E-state index is 14.8. The highest BCUT2D eigenvalue weighted by Gasteiger charge is 2.59. The van der Waals surface area contributed by atoms with E-state index in [0.29, 0.717) is 50.6 Å². The van der Waals surface area contributed by atoms with E-state index in [0.717, 1.165) is 80.6 Å². The van der Waals surface area contributed by atoms with Gasteiger partial charge >= 0.3 is 0 Å². The molecule has 0 radical (unpaired) electrons. The predicted molar refractivity (Wildman–Crippen MR) is 182 cm³/mol. The summed E-state index contributed by atoms with van der Waals surface area (Å²) in [6, 6.07) is 16.2. The van der Waals surface area contributed by atoms with Crippen LogP contribution in [0.1, 0.15) is 55.3 Å². The van der Waals surface area contributed by atoms with Crippen molar-refractivity contribution < 1.29 is 19.1 Å².